The van der Waals surface area contributed by atoms with E-state index in [-0.39, 0.29) is 19.4 Å². The summed E-state index contributed by atoms with van der Waals surface area (Å²) in [6.45, 7) is 3.55. The minimum atomic E-state index is -4.09. The van der Waals surface area contributed by atoms with Crippen molar-refractivity contribution in [2.45, 2.75) is 13.3 Å². The molecule has 0 bridgehead atoms. The van der Waals surface area contributed by atoms with Gasteiger partial charge in [0.25, 0.3) is 0 Å². The second-order valence-corrected chi connectivity index (χ2v) is 7.79. The summed E-state index contributed by atoms with van der Waals surface area (Å²) < 4.78 is 21.2. The van der Waals surface area contributed by atoms with Crippen LogP contribution in [0.1, 0.15) is 13.3 Å². The van der Waals surface area contributed by atoms with Gasteiger partial charge in [0.2, 0.25) is 0 Å². The van der Waals surface area contributed by atoms with E-state index in [2.05, 4.69) is 0 Å². The molecule has 1 rings (SSSR count). The summed E-state index contributed by atoms with van der Waals surface area (Å²) in [5.74, 6) is 0. The Kier molecular flexibility index (Phi) is 3.95. The minimum Gasteiger partial charge on any atom is -0.324 e. The highest BCUT2D eigenvalue weighted by Gasteiger charge is 2.49. The topological polar surface area (TPSA) is 96.2 Å². The Hall–Kier alpha value is 0.460. The number of hydrogen-bond acceptors (Lipinski definition) is 4. The molecule has 1 saturated heterocycles. The normalized spacial score (nSPS) is 37.9. The Morgan fingerprint density at radius 2 is 1.87 bits per heavy atom. The maximum Gasteiger partial charge on any atom is 0.405 e. The predicted molar refractivity (Wildman–Crippen MR) is 56.6 cm³/mol. The van der Waals surface area contributed by atoms with Crippen LogP contribution in [-0.4, -0.2) is 40.7 Å². The van der Waals surface area contributed by atoms with Crippen LogP contribution in [0.4, 0.5) is 0 Å². The van der Waals surface area contributed by atoms with E-state index in [0.29, 0.717) is 6.42 Å². The lowest BCUT2D eigenvalue weighted by Gasteiger charge is -2.35. The quantitative estimate of drug-likeness (QED) is 0.654. The summed E-state index contributed by atoms with van der Waals surface area (Å²) in [6.07, 6.45) is 0.272. The molecule has 3 N–H and O–H groups in total. The van der Waals surface area contributed by atoms with Gasteiger partial charge >= 0.3 is 15.5 Å². The minimum absolute atomic E-state index is 0.134. The van der Waals surface area contributed by atoms with E-state index in [4.69, 9.17) is 18.8 Å². The van der Waals surface area contributed by atoms with E-state index in [0.717, 1.165) is 0 Å². The summed E-state index contributed by atoms with van der Waals surface area (Å²) in [4.78, 5) is 27.4. The van der Waals surface area contributed by atoms with E-state index in [1.807, 2.05) is 6.92 Å². The highest BCUT2D eigenvalue weighted by molar-refractivity contribution is 7.59. The van der Waals surface area contributed by atoms with Crippen molar-refractivity contribution in [2.24, 2.45) is 5.41 Å². The molecule has 0 aromatic rings. The summed E-state index contributed by atoms with van der Waals surface area (Å²) in [5.41, 5.74) is -0.679. The first kappa shape index (κ1) is 13.5. The lowest BCUT2D eigenvalue weighted by Crippen LogP contribution is -2.39. The summed E-state index contributed by atoms with van der Waals surface area (Å²) in [5, 5.41) is 0. The van der Waals surface area contributed by atoms with Crippen molar-refractivity contribution >= 4 is 15.5 Å². The lowest BCUT2D eigenvalue weighted by atomic mass is 9.90. The van der Waals surface area contributed by atoms with Crippen molar-refractivity contribution in [2.75, 3.05) is 26.0 Å². The third-order valence-corrected chi connectivity index (χ3v) is 4.81. The van der Waals surface area contributed by atoms with Gasteiger partial charge in [0.15, 0.2) is 0 Å². The van der Waals surface area contributed by atoms with Crippen molar-refractivity contribution < 1.29 is 28.3 Å². The van der Waals surface area contributed by atoms with E-state index in [9.17, 15) is 9.46 Å². The fourth-order valence-corrected chi connectivity index (χ4v) is 3.82. The molecule has 1 aliphatic heterocycles. The second-order valence-electron chi connectivity index (χ2n) is 4.03. The standard InChI is InChI=1S/C7H16O6P2/c1-3-7(6-15(9,10)11)4-12-14(2,8)13-5-7/h8H,3-6H2,1-2H3,(H-,9,10,11)/p+1. The first-order valence-corrected chi connectivity index (χ1v) is 8.43. The van der Waals surface area contributed by atoms with Crippen LogP contribution in [-0.2, 0) is 13.6 Å². The molecule has 6 nitrogen and oxygen atoms in total. The Morgan fingerprint density at radius 3 is 2.20 bits per heavy atom. The van der Waals surface area contributed by atoms with Gasteiger partial charge in [-0.2, -0.15) is 13.9 Å². The van der Waals surface area contributed by atoms with Gasteiger partial charge in [-0.25, -0.2) is 0 Å². The molecule has 0 atom stereocenters. The average Bonchev–Trinajstić information content (AvgIpc) is 2.07. The van der Waals surface area contributed by atoms with Gasteiger partial charge in [-0.1, -0.05) is 6.92 Å². The first-order chi connectivity index (χ1) is 6.68. The van der Waals surface area contributed by atoms with E-state index in [1.54, 1.807) is 0 Å². The molecule has 0 spiro atoms. The molecule has 1 aliphatic rings. The second kappa shape index (κ2) is 4.38. The zero-order valence-electron chi connectivity index (χ0n) is 8.79. The van der Waals surface area contributed by atoms with Gasteiger partial charge in [-0.3, -0.25) is 4.57 Å². The molecule has 0 aromatic carbocycles. The van der Waals surface area contributed by atoms with Gasteiger partial charge in [-0.15, -0.1) is 0 Å². The van der Waals surface area contributed by atoms with Gasteiger partial charge in [0.05, 0.1) is 6.16 Å². The molecule has 0 aliphatic carbocycles. The maximum absolute atomic E-state index is 11.0. The third-order valence-electron chi connectivity index (χ3n) is 2.51. The monoisotopic (exact) mass is 259 g/mol. The Bertz CT molecular complexity index is 263. The molecule has 8 heteroatoms. The van der Waals surface area contributed by atoms with Crippen molar-refractivity contribution in [3.63, 3.8) is 0 Å². The Labute approximate surface area is 89.3 Å². The zero-order chi connectivity index (χ0) is 11.7. The van der Waals surface area contributed by atoms with Crippen LogP contribution < -0.4 is 0 Å². The average molecular weight is 259 g/mol. The van der Waals surface area contributed by atoms with Gasteiger partial charge < -0.3 is 9.79 Å². The third kappa shape index (κ3) is 4.08. The molecule has 15 heavy (non-hydrogen) atoms. The SMILES string of the molecule is CCC1(CP(=O)(O)O)CO[P+](C)(O)OC1. The molecule has 0 radical (unpaired) electrons. The fourth-order valence-electron chi connectivity index (χ4n) is 1.44. The molecule has 0 unspecified atom stereocenters. The van der Waals surface area contributed by atoms with Crippen molar-refractivity contribution in [1.29, 1.82) is 0 Å². The van der Waals surface area contributed by atoms with E-state index < -0.39 is 21.0 Å². The lowest BCUT2D eigenvalue weighted by molar-refractivity contribution is 0.0141. The zero-order valence-corrected chi connectivity index (χ0v) is 10.6. The molecule has 1 fully saturated rings. The molecule has 0 aromatic heterocycles. The Balaban J connectivity index is 2.69. The maximum atomic E-state index is 11.0. The fraction of sp³-hybridized carbons (Fsp3) is 1.00. The van der Waals surface area contributed by atoms with Gasteiger partial charge in [-0.05, 0) is 6.42 Å². The summed E-state index contributed by atoms with van der Waals surface area (Å²) in [6, 6.07) is 0. The van der Waals surface area contributed by atoms with E-state index >= 15 is 0 Å². The highest BCUT2D eigenvalue weighted by atomic mass is 31.2. The van der Waals surface area contributed by atoms with Crippen molar-refractivity contribution in [1.82, 2.24) is 0 Å². The van der Waals surface area contributed by atoms with Crippen molar-refractivity contribution in [3.8, 4) is 0 Å². The van der Waals surface area contributed by atoms with Crippen LogP contribution in [0.25, 0.3) is 0 Å². The van der Waals surface area contributed by atoms with Crippen LogP contribution in [0.2, 0.25) is 0 Å². The highest BCUT2D eigenvalue weighted by Crippen LogP contribution is 2.60. The Morgan fingerprint density at radius 1 is 1.40 bits per heavy atom. The molecule has 0 amide bonds. The largest absolute Gasteiger partial charge is 0.405 e. The molecule has 1 heterocycles. The predicted octanol–water partition coefficient (Wildman–Crippen LogP) is 0.992. The van der Waals surface area contributed by atoms with Crippen LogP contribution in [0.5, 0.6) is 0 Å². The van der Waals surface area contributed by atoms with Crippen LogP contribution in [0.15, 0.2) is 0 Å². The van der Waals surface area contributed by atoms with Crippen LogP contribution in [0.3, 0.4) is 0 Å². The molecular formula is C7H17O6P2+. The summed E-state index contributed by atoms with van der Waals surface area (Å²) >= 11 is 0. The van der Waals surface area contributed by atoms with Gasteiger partial charge in [0, 0.05) is 5.41 Å². The first-order valence-electron chi connectivity index (χ1n) is 4.61. The molecule has 0 saturated carbocycles. The van der Waals surface area contributed by atoms with Gasteiger partial charge in [0.1, 0.15) is 19.9 Å². The van der Waals surface area contributed by atoms with Crippen molar-refractivity contribution in [3.05, 3.63) is 0 Å². The molecular weight excluding hydrogens is 242 g/mol. The number of hydrogen-bond donors (Lipinski definition) is 3. The van der Waals surface area contributed by atoms with Crippen LogP contribution in [0, 0.1) is 5.41 Å². The number of rotatable bonds is 3. The smallest absolute Gasteiger partial charge is 0.324 e. The van der Waals surface area contributed by atoms with Crippen LogP contribution >= 0.6 is 15.5 Å². The molecule has 90 valence electrons. The van der Waals surface area contributed by atoms with E-state index in [1.165, 1.54) is 6.66 Å². The summed E-state index contributed by atoms with van der Waals surface area (Å²) in [7, 11) is -6.84.